The average molecular weight is 307 g/mol. The van der Waals surface area contributed by atoms with Crippen molar-refractivity contribution in [1.29, 1.82) is 0 Å². The summed E-state index contributed by atoms with van der Waals surface area (Å²) >= 11 is 0. The van der Waals surface area contributed by atoms with Gasteiger partial charge < -0.3 is 19.1 Å². The van der Waals surface area contributed by atoms with Crippen molar-refractivity contribution in [2.75, 3.05) is 34.4 Å². The molecule has 122 valence electrons. The molecule has 0 unspecified atom stereocenters. The van der Waals surface area contributed by atoms with Gasteiger partial charge in [-0.15, -0.1) is 0 Å². The van der Waals surface area contributed by atoms with E-state index in [2.05, 4.69) is 0 Å². The second-order valence-electron chi connectivity index (χ2n) is 5.55. The van der Waals surface area contributed by atoms with Crippen molar-refractivity contribution in [2.45, 2.75) is 31.5 Å². The second-order valence-corrected chi connectivity index (χ2v) is 5.55. The lowest BCUT2D eigenvalue weighted by molar-refractivity contribution is -0.228. The summed E-state index contributed by atoms with van der Waals surface area (Å²) in [7, 11) is 4.96. The van der Waals surface area contributed by atoms with Crippen LogP contribution >= 0.6 is 0 Å². The number of nitrogens with zero attached hydrogens (tertiary/aromatic N) is 1. The van der Waals surface area contributed by atoms with Gasteiger partial charge in [0.05, 0.1) is 7.11 Å². The Morgan fingerprint density at radius 1 is 1.18 bits per heavy atom. The second kappa shape index (κ2) is 7.61. The molecule has 1 fully saturated rings. The lowest BCUT2D eigenvalue weighted by Gasteiger charge is -2.39. The minimum Gasteiger partial charge on any atom is -0.497 e. The SMILES string of the molecule is COc1cccc(CCC(=O)N2CCC(OC)(OC)CC2)c1. The number of benzene rings is 1. The zero-order valence-corrected chi connectivity index (χ0v) is 13.6. The van der Waals surface area contributed by atoms with Gasteiger partial charge in [0.15, 0.2) is 5.79 Å². The molecule has 1 aliphatic rings. The third kappa shape index (κ3) is 3.99. The first-order valence-corrected chi connectivity index (χ1v) is 7.63. The Morgan fingerprint density at radius 2 is 1.86 bits per heavy atom. The molecule has 22 heavy (non-hydrogen) atoms. The minimum atomic E-state index is -0.524. The fourth-order valence-corrected chi connectivity index (χ4v) is 2.83. The molecule has 0 atom stereocenters. The number of carbonyl (C=O) groups excluding carboxylic acids is 1. The van der Waals surface area contributed by atoms with E-state index in [0.29, 0.717) is 32.4 Å². The van der Waals surface area contributed by atoms with Gasteiger partial charge in [0.2, 0.25) is 5.91 Å². The number of carbonyl (C=O) groups is 1. The van der Waals surface area contributed by atoms with Gasteiger partial charge in [-0.25, -0.2) is 0 Å². The standard InChI is InChI=1S/C17H25NO4/c1-20-15-6-4-5-14(13-15)7-8-16(19)18-11-9-17(21-2,22-3)10-12-18/h4-6,13H,7-12H2,1-3H3. The van der Waals surface area contributed by atoms with E-state index in [0.717, 1.165) is 17.7 Å². The summed E-state index contributed by atoms with van der Waals surface area (Å²) in [6.07, 6.45) is 2.67. The maximum atomic E-state index is 12.3. The third-order valence-electron chi connectivity index (χ3n) is 4.38. The van der Waals surface area contributed by atoms with Crippen LogP contribution in [0.1, 0.15) is 24.8 Å². The maximum absolute atomic E-state index is 12.3. The molecule has 0 aliphatic carbocycles. The molecule has 0 N–H and O–H groups in total. The van der Waals surface area contributed by atoms with Crippen molar-refractivity contribution in [3.05, 3.63) is 29.8 Å². The molecular formula is C17H25NO4. The summed E-state index contributed by atoms with van der Waals surface area (Å²) in [5.74, 6) is 0.486. The molecule has 0 radical (unpaired) electrons. The molecule has 1 aromatic rings. The monoisotopic (exact) mass is 307 g/mol. The van der Waals surface area contributed by atoms with Crippen molar-refractivity contribution in [2.24, 2.45) is 0 Å². The lowest BCUT2D eigenvalue weighted by Crippen LogP contribution is -2.48. The van der Waals surface area contributed by atoms with Crippen LogP contribution in [0.5, 0.6) is 5.75 Å². The zero-order valence-electron chi connectivity index (χ0n) is 13.6. The molecule has 0 saturated carbocycles. The largest absolute Gasteiger partial charge is 0.497 e. The molecule has 5 heteroatoms. The summed E-state index contributed by atoms with van der Waals surface area (Å²) in [5.41, 5.74) is 1.12. The Morgan fingerprint density at radius 3 is 2.45 bits per heavy atom. The number of methoxy groups -OCH3 is 3. The lowest BCUT2D eigenvalue weighted by atomic mass is 10.0. The third-order valence-corrected chi connectivity index (χ3v) is 4.38. The quantitative estimate of drug-likeness (QED) is 0.756. The number of piperidine rings is 1. The summed E-state index contributed by atoms with van der Waals surface area (Å²) in [6, 6.07) is 7.85. The van der Waals surface area contributed by atoms with E-state index in [4.69, 9.17) is 14.2 Å². The highest BCUT2D eigenvalue weighted by molar-refractivity contribution is 5.76. The minimum absolute atomic E-state index is 0.184. The smallest absolute Gasteiger partial charge is 0.222 e. The van der Waals surface area contributed by atoms with Crippen molar-refractivity contribution in [3.8, 4) is 5.75 Å². The molecule has 1 aromatic carbocycles. The first-order valence-electron chi connectivity index (χ1n) is 7.63. The predicted molar refractivity (Wildman–Crippen MR) is 83.9 cm³/mol. The van der Waals surface area contributed by atoms with Crippen LogP contribution in [0, 0.1) is 0 Å². The molecule has 0 aromatic heterocycles. The van der Waals surface area contributed by atoms with Crippen molar-refractivity contribution in [1.82, 2.24) is 4.90 Å². The first kappa shape index (κ1) is 16.8. The molecule has 0 spiro atoms. The summed E-state index contributed by atoms with van der Waals surface area (Å²) in [5, 5.41) is 0. The van der Waals surface area contributed by atoms with E-state index in [1.54, 1.807) is 21.3 Å². The molecule has 1 saturated heterocycles. The number of amides is 1. The number of likely N-dealkylation sites (tertiary alicyclic amines) is 1. The van der Waals surface area contributed by atoms with Crippen LogP contribution in [0.15, 0.2) is 24.3 Å². The van der Waals surface area contributed by atoms with Crippen LogP contribution in [0.4, 0.5) is 0 Å². The van der Waals surface area contributed by atoms with Gasteiger partial charge in [0.25, 0.3) is 0 Å². The van der Waals surface area contributed by atoms with Crippen molar-refractivity contribution < 1.29 is 19.0 Å². The van der Waals surface area contributed by atoms with Crippen LogP contribution in [0.3, 0.4) is 0 Å². The van der Waals surface area contributed by atoms with E-state index in [1.165, 1.54) is 0 Å². The normalized spacial score (nSPS) is 17.3. The van der Waals surface area contributed by atoms with Gasteiger partial charge >= 0.3 is 0 Å². The Balaban J connectivity index is 1.83. The number of rotatable bonds is 6. The number of ether oxygens (including phenoxy) is 3. The molecular weight excluding hydrogens is 282 g/mol. The Kier molecular flexibility index (Phi) is 5.80. The van der Waals surface area contributed by atoms with Crippen LogP contribution in [-0.4, -0.2) is 51.0 Å². The highest BCUT2D eigenvalue weighted by Gasteiger charge is 2.35. The van der Waals surface area contributed by atoms with Gasteiger partial charge in [0.1, 0.15) is 5.75 Å². The summed E-state index contributed by atoms with van der Waals surface area (Å²) < 4.78 is 16.1. The van der Waals surface area contributed by atoms with Crippen LogP contribution < -0.4 is 4.74 Å². The molecule has 1 aliphatic heterocycles. The molecule has 1 amide bonds. The average Bonchev–Trinajstić information content (AvgIpc) is 2.60. The first-order chi connectivity index (χ1) is 10.6. The van der Waals surface area contributed by atoms with Crippen LogP contribution in [0.25, 0.3) is 0 Å². The van der Waals surface area contributed by atoms with Crippen molar-refractivity contribution >= 4 is 5.91 Å². The zero-order chi connectivity index (χ0) is 16.0. The summed E-state index contributed by atoms with van der Waals surface area (Å²) in [4.78, 5) is 14.2. The molecule has 2 rings (SSSR count). The number of hydrogen-bond acceptors (Lipinski definition) is 4. The van der Waals surface area contributed by atoms with Gasteiger partial charge in [-0.2, -0.15) is 0 Å². The summed E-state index contributed by atoms with van der Waals surface area (Å²) in [6.45, 7) is 1.36. The van der Waals surface area contributed by atoms with E-state index < -0.39 is 5.79 Å². The highest BCUT2D eigenvalue weighted by Crippen LogP contribution is 2.26. The van der Waals surface area contributed by atoms with Crippen LogP contribution in [0.2, 0.25) is 0 Å². The fraction of sp³-hybridized carbons (Fsp3) is 0.588. The highest BCUT2D eigenvalue weighted by atomic mass is 16.7. The maximum Gasteiger partial charge on any atom is 0.222 e. The van der Waals surface area contributed by atoms with Gasteiger partial charge in [-0.3, -0.25) is 4.79 Å². The predicted octanol–water partition coefficient (Wildman–Crippen LogP) is 2.24. The van der Waals surface area contributed by atoms with Gasteiger partial charge in [-0.1, -0.05) is 12.1 Å². The topological polar surface area (TPSA) is 48.0 Å². The van der Waals surface area contributed by atoms with Crippen LogP contribution in [-0.2, 0) is 20.7 Å². The van der Waals surface area contributed by atoms with Gasteiger partial charge in [0, 0.05) is 46.6 Å². The van der Waals surface area contributed by atoms with Gasteiger partial charge in [-0.05, 0) is 24.1 Å². The Bertz CT molecular complexity index is 489. The Hall–Kier alpha value is -1.59. The fourth-order valence-electron chi connectivity index (χ4n) is 2.83. The number of aryl methyl sites for hydroxylation is 1. The molecule has 1 heterocycles. The van der Waals surface area contributed by atoms with E-state index >= 15 is 0 Å². The molecule has 0 bridgehead atoms. The van der Waals surface area contributed by atoms with E-state index in [1.807, 2.05) is 29.2 Å². The molecule has 5 nitrogen and oxygen atoms in total. The Labute approximate surface area is 132 Å². The van der Waals surface area contributed by atoms with Crippen molar-refractivity contribution in [3.63, 3.8) is 0 Å². The number of hydrogen-bond donors (Lipinski definition) is 0. The van der Waals surface area contributed by atoms with E-state index in [9.17, 15) is 4.79 Å². The van der Waals surface area contributed by atoms with E-state index in [-0.39, 0.29) is 5.91 Å².